The van der Waals surface area contributed by atoms with Gasteiger partial charge in [0.05, 0.1) is 5.70 Å². The Labute approximate surface area is 84.0 Å². The number of rotatable bonds is 0. The predicted molar refractivity (Wildman–Crippen MR) is 57.8 cm³/mol. The molecule has 0 atom stereocenters. The van der Waals surface area contributed by atoms with E-state index in [1.807, 2.05) is 0 Å². The van der Waals surface area contributed by atoms with Gasteiger partial charge in [-0.2, -0.15) is 0 Å². The maximum Gasteiger partial charge on any atom is 0.0613 e. The van der Waals surface area contributed by atoms with E-state index in [9.17, 15) is 0 Å². The summed E-state index contributed by atoms with van der Waals surface area (Å²) in [6.07, 6.45) is 1.07. The van der Waals surface area contributed by atoms with Crippen LogP contribution in [-0.2, 0) is 6.42 Å². The van der Waals surface area contributed by atoms with Crippen molar-refractivity contribution in [1.29, 1.82) is 0 Å². The standard InChI is InChI=1S/C12H14N2/c1-8-3-2-4-9-10(8)7-11-12(9)14-6-5-13-11/h2-4,13-14H,5-7H2,1H3. The molecule has 1 aromatic rings. The van der Waals surface area contributed by atoms with Crippen LogP contribution in [0.2, 0.25) is 0 Å². The van der Waals surface area contributed by atoms with E-state index in [1.54, 1.807) is 0 Å². The molecule has 0 aromatic heterocycles. The Morgan fingerprint density at radius 2 is 2.00 bits per heavy atom. The van der Waals surface area contributed by atoms with Gasteiger partial charge in [0.2, 0.25) is 0 Å². The van der Waals surface area contributed by atoms with Crippen molar-refractivity contribution < 1.29 is 0 Å². The highest BCUT2D eigenvalue weighted by Gasteiger charge is 2.24. The second kappa shape index (κ2) is 2.77. The van der Waals surface area contributed by atoms with E-state index in [1.165, 1.54) is 28.1 Å². The van der Waals surface area contributed by atoms with Gasteiger partial charge >= 0.3 is 0 Å². The molecule has 0 fully saturated rings. The third kappa shape index (κ3) is 0.969. The van der Waals surface area contributed by atoms with Crippen LogP contribution in [0.4, 0.5) is 0 Å². The summed E-state index contributed by atoms with van der Waals surface area (Å²) < 4.78 is 0. The SMILES string of the molecule is Cc1cccc2c1CC1=C2NCCN1. The molecule has 1 aliphatic heterocycles. The molecule has 2 N–H and O–H groups in total. The lowest BCUT2D eigenvalue weighted by atomic mass is 10.0. The lowest BCUT2D eigenvalue weighted by Gasteiger charge is -2.18. The maximum absolute atomic E-state index is 3.48. The van der Waals surface area contributed by atoms with Gasteiger partial charge in [-0.25, -0.2) is 0 Å². The molecule has 0 spiro atoms. The topological polar surface area (TPSA) is 24.1 Å². The average Bonchev–Trinajstić information content (AvgIpc) is 2.59. The number of allylic oxidation sites excluding steroid dienone is 1. The largest absolute Gasteiger partial charge is 0.385 e. The first-order chi connectivity index (χ1) is 6.86. The van der Waals surface area contributed by atoms with Crippen molar-refractivity contribution in [2.24, 2.45) is 0 Å². The first-order valence-corrected chi connectivity index (χ1v) is 5.16. The van der Waals surface area contributed by atoms with Crippen LogP contribution in [0.3, 0.4) is 0 Å². The molecule has 0 radical (unpaired) electrons. The van der Waals surface area contributed by atoms with Crippen LogP contribution in [0.1, 0.15) is 16.7 Å². The van der Waals surface area contributed by atoms with Gasteiger partial charge in [0.25, 0.3) is 0 Å². The minimum Gasteiger partial charge on any atom is -0.385 e. The highest BCUT2D eigenvalue weighted by molar-refractivity contribution is 5.76. The Bertz CT molecular complexity index is 418. The molecule has 3 rings (SSSR count). The lowest BCUT2D eigenvalue weighted by Crippen LogP contribution is -2.33. The number of hydrogen-bond donors (Lipinski definition) is 2. The summed E-state index contributed by atoms with van der Waals surface area (Å²) in [5.74, 6) is 0. The van der Waals surface area contributed by atoms with Crippen LogP contribution in [0.15, 0.2) is 23.9 Å². The number of hydrogen-bond acceptors (Lipinski definition) is 2. The molecule has 1 aromatic carbocycles. The fourth-order valence-corrected chi connectivity index (χ4v) is 2.35. The molecule has 0 unspecified atom stereocenters. The average molecular weight is 186 g/mol. The number of fused-ring (bicyclic) bond motifs is 2. The molecule has 2 nitrogen and oxygen atoms in total. The molecule has 2 heteroatoms. The van der Waals surface area contributed by atoms with Crippen molar-refractivity contribution in [3.63, 3.8) is 0 Å². The Morgan fingerprint density at radius 3 is 2.93 bits per heavy atom. The quantitative estimate of drug-likeness (QED) is 0.640. The van der Waals surface area contributed by atoms with Crippen LogP contribution in [-0.4, -0.2) is 13.1 Å². The molecule has 1 aliphatic carbocycles. The molecule has 14 heavy (non-hydrogen) atoms. The normalized spacial score (nSPS) is 18.4. The Morgan fingerprint density at radius 1 is 1.14 bits per heavy atom. The zero-order valence-electron chi connectivity index (χ0n) is 8.35. The second-order valence-electron chi connectivity index (χ2n) is 3.98. The molecule has 72 valence electrons. The molecular weight excluding hydrogens is 172 g/mol. The summed E-state index contributed by atoms with van der Waals surface area (Å²) in [6.45, 7) is 4.27. The van der Waals surface area contributed by atoms with E-state index in [4.69, 9.17) is 0 Å². The Hall–Kier alpha value is -1.44. The van der Waals surface area contributed by atoms with E-state index < -0.39 is 0 Å². The Kier molecular flexibility index (Phi) is 1.57. The molecule has 0 saturated heterocycles. The van der Waals surface area contributed by atoms with Crippen molar-refractivity contribution in [1.82, 2.24) is 10.6 Å². The molecule has 0 saturated carbocycles. The van der Waals surface area contributed by atoms with Crippen molar-refractivity contribution in [3.05, 3.63) is 40.6 Å². The number of nitrogens with one attached hydrogen (secondary N) is 2. The van der Waals surface area contributed by atoms with Crippen LogP contribution < -0.4 is 10.6 Å². The van der Waals surface area contributed by atoms with Crippen molar-refractivity contribution in [3.8, 4) is 0 Å². The van der Waals surface area contributed by atoms with E-state index in [0.29, 0.717) is 0 Å². The predicted octanol–water partition coefficient (Wildman–Crippen LogP) is 1.41. The molecular formula is C12H14N2. The highest BCUT2D eigenvalue weighted by Crippen LogP contribution is 2.32. The second-order valence-corrected chi connectivity index (χ2v) is 3.98. The van der Waals surface area contributed by atoms with E-state index in [-0.39, 0.29) is 0 Å². The summed E-state index contributed by atoms with van der Waals surface area (Å²) >= 11 is 0. The summed E-state index contributed by atoms with van der Waals surface area (Å²) in [5.41, 5.74) is 6.99. The van der Waals surface area contributed by atoms with Gasteiger partial charge in [-0.1, -0.05) is 18.2 Å². The zero-order chi connectivity index (χ0) is 9.54. The van der Waals surface area contributed by atoms with Gasteiger partial charge < -0.3 is 10.6 Å². The van der Waals surface area contributed by atoms with Crippen LogP contribution >= 0.6 is 0 Å². The minimum atomic E-state index is 1.03. The van der Waals surface area contributed by atoms with Crippen molar-refractivity contribution in [2.45, 2.75) is 13.3 Å². The van der Waals surface area contributed by atoms with E-state index in [2.05, 4.69) is 35.8 Å². The van der Waals surface area contributed by atoms with E-state index >= 15 is 0 Å². The molecule has 2 aliphatic rings. The summed E-state index contributed by atoms with van der Waals surface area (Å²) in [4.78, 5) is 0. The van der Waals surface area contributed by atoms with Gasteiger partial charge in [-0.05, 0) is 18.1 Å². The van der Waals surface area contributed by atoms with Gasteiger partial charge in [0, 0.05) is 30.8 Å². The van der Waals surface area contributed by atoms with Crippen molar-refractivity contribution >= 4 is 5.70 Å². The smallest absolute Gasteiger partial charge is 0.0613 e. The van der Waals surface area contributed by atoms with Crippen molar-refractivity contribution in [2.75, 3.05) is 13.1 Å². The van der Waals surface area contributed by atoms with Gasteiger partial charge in [-0.3, -0.25) is 0 Å². The first kappa shape index (κ1) is 7.92. The monoisotopic (exact) mass is 186 g/mol. The zero-order valence-corrected chi connectivity index (χ0v) is 8.35. The number of aryl methyl sites for hydroxylation is 1. The molecule has 0 bridgehead atoms. The lowest BCUT2D eigenvalue weighted by molar-refractivity contribution is 0.698. The highest BCUT2D eigenvalue weighted by atomic mass is 15.0. The fourth-order valence-electron chi connectivity index (χ4n) is 2.35. The minimum absolute atomic E-state index is 1.03. The van der Waals surface area contributed by atoms with Crippen LogP contribution in [0.25, 0.3) is 5.70 Å². The molecule has 0 amide bonds. The molecule has 1 heterocycles. The first-order valence-electron chi connectivity index (χ1n) is 5.16. The third-order valence-electron chi connectivity index (χ3n) is 3.10. The van der Waals surface area contributed by atoms with Gasteiger partial charge in [0.15, 0.2) is 0 Å². The summed E-state index contributed by atoms with van der Waals surface area (Å²) in [7, 11) is 0. The van der Waals surface area contributed by atoms with Gasteiger partial charge in [-0.15, -0.1) is 0 Å². The summed E-state index contributed by atoms with van der Waals surface area (Å²) in [6, 6.07) is 6.54. The Balaban J connectivity index is 2.14. The van der Waals surface area contributed by atoms with Crippen LogP contribution in [0.5, 0.6) is 0 Å². The summed E-state index contributed by atoms with van der Waals surface area (Å²) in [5, 5.41) is 6.95. The van der Waals surface area contributed by atoms with Crippen LogP contribution in [0, 0.1) is 6.92 Å². The number of benzene rings is 1. The fraction of sp³-hybridized carbons (Fsp3) is 0.333. The third-order valence-corrected chi connectivity index (χ3v) is 3.10. The van der Waals surface area contributed by atoms with E-state index in [0.717, 1.165) is 19.5 Å². The maximum atomic E-state index is 3.48. The van der Waals surface area contributed by atoms with Gasteiger partial charge in [0.1, 0.15) is 0 Å².